The van der Waals surface area contributed by atoms with Gasteiger partial charge in [0.25, 0.3) is 0 Å². The number of nitrogens with one attached hydrogen (secondary N) is 1. The summed E-state index contributed by atoms with van der Waals surface area (Å²) < 4.78 is 0. The van der Waals surface area contributed by atoms with Crippen molar-refractivity contribution < 1.29 is 0 Å². The largest absolute Gasteiger partial charge is 0.317 e. The van der Waals surface area contributed by atoms with Crippen LogP contribution in [0.2, 0.25) is 0 Å². The zero-order valence-electron chi connectivity index (χ0n) is 8.65. The summed E-state index contributed by atoms with van der Waals surface area (Å²) in [6, 6.07) is 0. The Labute approximate surface area is 71.6 Å². The van der Waals surface area contributed by atoms with Gasteiger partial charge in [-0.25, -0.2) is 0 Å². The number of rotatable bonds is 5. The van der Waals surface area contributed by atoms with E-state index in [2.05, 4.69) is 39.9 Å². The standard InChI is InChI=1S/C10H23N/c1-6-11-7-9(4)10(5)8(2)3/h8-11H,6-7H2,1-5H3. The van der Waals surface area contributed by atoms with Crippen molar-refractivity contribution in [3.8, 4) is 0 Å². The fourth-order valence-corrected chi connectivity index (χ4v) is 1.21. The Bertz CT molecular complexity index is 88.9. The normalized spacial score (nSPS) is 16.9. The van der Waals surface area contributed by atoms with Crippen molar-refractivity contribution in [2.75, 3.05) is 13.1 Å². The SMILES string of the molecule is CCNCC(C)C(C)C(C)C. The molecule has 0 saturated heterocycles. The van der Waals surface area contributed by atoms with E-state index in [9.17, 15) is 0 Å². The first-order chi connectivity index (χ1) is 5.09. The van der Waals surface area contributed by atoms with Gasteiger partial charge in [0.15, 0.2) is 0 Å². The number of hydrogen-bond acceptors (Lipinski definition) is 1. The lowest BCUT2D eigenvalue weighted by atomic mass is 9.86. The van der Waals surface area contributed by atoms with Gasteiger partial charge in [0.2, 0.25) is 0 Å². The van der Waals surface area contributed by atoms with Crippen molar-refractivity contribution in [1.29, 1.82) is 0 Å². The maximum absolute atomic E-state index is 3.38. The zero-order chi connectivity index (χ0) is 8.85. The average Bonchev–Trinajstić information content (AvgIpc) is 1.98. The molecule has 68 valence electrons. The third-order valence-corrected chi connectivity index (χ3v) is 2.67. The monoisotopic (exact) mass is 157 g/mol. The van der Waals surface area contributed by atoms with Crippen molar-refractivity contribution in [2.24, 2.45) is 17.8 Å². The lowest BCUT2D eigenvalue weighted by Gasteiger charge is -2.23. The van der Waals surface area contributed by atoms with Crippen LogP contribution in [-0.2, 0) is 0 Å². The lowest BCUT2D eigenvalue weighted by molar-refractivity contribution is 0.288. The van der Waals surface area contributed by atoms with Crippen molar-refractivity contribution in [3.05, 3.63) is 0 Å². The second-order valence-corrected chi connectivity index (χ2v) is 3.89. The predicted molar refractivity (Wildman–Crippen MR) is 51.7 cm³/mol. The van der Waals surface area contributed by atoms with Crippen LogP contribution in [0.4, 0.5) is 0 Å². The van der Waals surface area contributed by atoms with Crippen LogP contribution in [0.25, 0.3) is 0 Å². The van der Waals surface area contributed by atoms with E-state index < -0.39 is 0 Å². The van der Waals surface area contributed by atoms with Gasteiger partial charge >= 0.3 is 0 Å². The summed E-state index contributed by atoms with van der Waals surface area (Å²) in [5.41, 5.74) is 0. The van der Waals surface area contributed by atoms with E-state index in [-0.39, 0.29) is 0 Å². The minimum absolute atomic E-state index is 0.801. The minimum Gasteiger partial charge on any atom is -0.317 e. The maximum Gasteiger partial charge on any atom is -0.00206 e. The van der Waals surface area contributed by atoms with E-state index in [0.29, 0.717) is 0 Å². The fourth-order valence-electron chi connectivity index (χ4n) is 1.21. The molecule has 0 bridgehead atoms. The Balaban J connectivity index is 3.55. The molecule has 0 aliphatic carbocycles. The molecule has 1 heteroatoms. The van der Waals surface area contributed by atoms with Crippen LogP contribution in [0.3, 0.4) is 0 Å². The highest BCUT2D eigenvalue weighted by molar-refractivity contribution is 4.66. The summed E-state index contributed by atoms with van der Waals surface area (Å²) in [4.78, 5) is 0. The van der Waals surface area contributed by atoms with E-state index in [1.54, 1.807) is 0 Å². The molecule has 0 aromatic heterocycles. The highest BCUT2D eigenvalue weighted by Gasteiger charge is 2.14. The quantitative estimate of drug-likeness (QED) is 0.646. The first kappa shape index (κ1) is 11.0. The van der Waals surface area contributed by atoms with Gasteiger partial charge in [0.05, 0.1) is 0 Å². The Morgan fingerprint density at radius 1 is 1.09 bits per heavy atom. The van der Waals surface area contributed by atoms with Crippen LogP contribution in [-0.4, -0.2) is 13.1 Å². The van der Waals surface area contributed by atoms with Crippen molar-refractivity contribution in [3.63, 3.8) is 0 Å². The second-order valence-electron chi connectivity index (χ2n) is 3.89. The molecular weight excluding hydrogens is 134 g/mol. The summed E-state index contributed by atoms with van der Waals surface area (Å²) in [5, 5.41) is 3.38. The first-order valence-electron chi connectivity index (χ1n) is 4.80. The average molecular weight is 157 g/mol. The molecule has 0 heterocycles. The van der Waals surface area contributed by atoms with Crippen molar-refractivity contribution in [1.82, 2.24) is 5.32 Å². The van der Waals surface area contributed by atoms with E-state index in [4.69, 9.17) is 0 Å². The van der Waals surface area contributed by atoms with E-state index in [0.717, 1.165) is 30.8 Å². The van der Waals surface area contributed by atoms with E-state index in [1.807, 2.05) is 0 Å². The highest BCUT2D eigenvalue weighted by atomic mass is 14.8. The fraction of sp³-hybridized carbons (Fsp3) is 1.00. The van der Waals surface area contributed by atoms with Crippen LogP contribution >= 0.6 is 0 Å². The molecule has 0 saturated carbocycles. The second kappa shape index (κ2) is 5.59. The Hall–Kier alpha value is -0.0400. The van der Waals surface area contributed by atoms with Gasteiger partial charge < -0.3 is 5.32 Å². The Morgan fingerprint density at radius 3 is 2.00 bits per heavy atom. The molecule has 0 aromatic rings. The van der Waals surface area contributed by atoms with Crippen LogP contribution in [0.1, 0.15) is 34.6 Å². The molecular formula is C10H23N. The van der Waals surface area contributed by atoms with Crippen LogP contribution in [0.5, 0.6) is 0 Å². The summed E-state index contributed by atoms with van der Waals surface area (Å²) in [6.45, 7) is 13.7. The van der Waals surface area contributed by atoms with Gasteiger partial charge in [-0.2, -0.15) is 0 Å². The van der Waals surface area contributed by atoms with Crippen LogP contribution in [0.15, 0.2) is 0 Å². The molecule has 2 unspecified atom stereocenters. The van der Waals surface area contributed by atoms with Crippen molar-refractivity contribution in [2.45, 2.75) is 34.6 Å². The molecule has 0 radical (unpaired) electrons. The van der Waals surface area contributed by atoms with Crippen molar-refractivity contribution >= 4 is 0 Å². The molecule has 0 aromatic carbocycles. The molecule has 0 spiro atoms. The van der Waals surface area contributed by atoms with E-state index >= 15 is 0 Å². The first-order valence-corrected chi connectivity index (χ1v) is 4.80. The summed E-state index contributed by atoms with van der Waals surface area (Å²) in [6.07, 6.45) is 0. The molecule has 0 aliphatic heterocycles. The molecule has 0 fully saturated rings. The molecule has 0 amide bonds. The van der Waals surface area contributed by atoms with Crippen LogP contribution < -0.4 is 5.32 Å². The Morgan fingerprint density at radius 2 is 1.64 bits per heavy atom. The van der Waals surface area contributed by atoms with Gasteiger partial charge in [-0.1, -0.05) is 34.6 Å². The number of hydrogen-bond donors (Lipinski definition) is 1. The third-order valence-electron chi connectivity index (χ3n) is 2.67. The predicted octanol–water partition coefficient (Wildman–Crippen LogP) is 2.52. The molecule has 11 heavy (non-hydrogen) atoms. The van der Waals surface area contributed by atoms with Gasteiger partial charge in [-0.05, 0) is 30.8 Å². The molecule has 2 atom stereocenters. The topological polar surface area (TPSA) is 12.0 Å². The lowest BCUT2D eigenvalue weighted by Crippen LogP contribution is -2.27. The molecule has 1 nitrogen and oxygen atoms in total. The third kappa shape index (κ3) is 4.41. The molecule has 0 aliphatic rings. The van der Waals surface area contributed by atoms with Gasteiger partial charge in [0.1, 0.15) is 0 Å². The summed E-state index contributed by atoms with van der Waals surface area (Å²) >= 11 is 0. The Kier molecular flexibility index (Phi) is 5.57. The summed E-state index contributed by atoms with van der Waals surface area (Å²) in [7, 11) is 0. The van der Waals surface area contributed by atoms with Gasteiger partial charge in [-0.3, -0.25) is 0 Å². The molecule has 0 rings (SSSR count). The van der Waals surface area contributed by atoms with Gasteiger partial charge in [0, 0.05) is 0 Å². The van der Waals surface area contributed by atoms with Gasteiger partial charge in [-0.15, -0.1) is 0 Å². The van der Waals surface area contributed by atoms with E-state index in [1.165, 1.54) is 0 Å². The smallest absolute Gasteiger partial charge is 0.00206 e. The summed E-state index contributed by atoms with van der Waals surface area (Å²) in [5.74, 6) is 2.44. The minimum atomic E-state index is 0.801. The van der Waals surface area contributed by atoms with Crippen LogP contribution in [0, 0.1) is 17.8 Å². The maximum atomic E-state index is 3.38. The highest BCUT2D eigenvalue weighted by Crippen LogP contribution is 2.18. The zero-order valence-corrected chi connectivity index (χ0v) is 8.65. The molecule has 1 N–H and O–H groups in total.